The lowest BCUT2D eigenvalue weighted by molar-refractivity contribution is 0.103. The maximum absolute atomic E-state index is 12.1. The van der Waals surface area contributed by atoms with E-state index in [-0.39, 0.29) is 5.91 Å². The predicted molar refractivity (Wildman–Crippen MR) is 80.3 cm³/mol. The van der Waals surface area contributed by atoms with Gasteiger partial charge >= 0.3 is 0 Å². The number of thiophene rings is 1. The normalized spacial score (nSPS) is 10.4. The van der Waals surface area contributed by atoms with Crippen LogP contribution in [-0.2, 0) is 0 Å². The Morgan fingerprint density at radius 2 is 2.11 bits per heavy atom. The summed E-state index contributed by atoms with van der Waals surface area (Å²) in [7, 11) is 0. The Hall–Kier alpha value is -1.33. The Morgan fingerprint density at radius 1 is 1.39 bits per heavy atom. The molecular formula is C13H13BrN2OS. The number of amides is 1. The standard InChI is InChI=1S/C13H13BrN2OS/c1-7-6-11(18-12(7)14)13(17)16-10-5-3-4-9(15)8(10)2/h3-6H,15H2,1-2H3,(H,16,17). The fourth-order valence-electron chi connectivity index (χ4n) is 1.54. The molecule has 0 saturated heterocycles. The minimum atomic E-state index is -0.109. The molecular weight excluding hydrogens is 312 g/mol. The van der Waals surface area contributed by atoms with Gasteiger partial charge in [0.1, 0.15) is 0 Å². The van der Waals surface area contributed by atoms with Crippen LogP contribution in [0.5, 0.6) is 0 Å². The van der Waals surface area contributed by atoms with E-state index in [9.17, 15) is 4.79 Å². The second-order valence-corrected chi connectivity index (χ2v) is 6.41. The van der Waals surface area contributed by atoms with Crippen LogP contribution in [0.25, 0.3) is 0 Å². The molecule has 1 heterocycles. The molecule has 0 atom stereocenters. The van der Waals surface area contributed by atoms with Gasteiger partial charge in [0.05, 0.1) is 8.66 Å². The molecule has 0 aliphatic rings. The summed E-state index contributed by atoms with van der Waals surface area (Å²) in [5.74, 6) is -0.109. The summed E-state index contributed by atoms with van der Waals surface area (Å²) in [6, 6.07) is 7.36. The molecule has 94 valence electrons. The third-order valence-electron chi connectivity index (χ3n) is 2.70. The first-order chi connectivity index (χ1) is 8.49. The van der Waals surface area contributed by atoms with Gasteiger partial charge in [0, 0.05) is 11.4 Å². The number of nitrogen functional groups attached to an aromatic ring is 1. The maximum Gasteiger partial charge on any atom is 0.265 e. The van der Waals surface area contributed by atoms with Crippen LogP contribution in [0.3, 0.4) is 0 Å². The number of nitrogens with one attached hydrogen (secondary N) is 1. The second-order valence-electron chi connectivity index (χ2n) is 4.04. The fraction of sp³-hybridized carbons (Fsp3) is 0.154. The lowest BCUT2D eigenvalue weighted by Crippen LogP contribution is -2.11. The molecule has 2 rings (SSSR count). The van der Waals surface area contributed by atoms with Gasteiger partial charge < -0.3 is 11.1 Å². The van der Waals surface area contributed by atoms with Gasteiger partial charge in [0.25, 0.3) is 5.91 Å². The van der Waals surface area contributed by atoms with Crippen LogP contribution in [-0.4, -0.2) is 5.91 Å². The molecule has 0 spiro atoms. The molecule has 0 saturated carbocycles. The summed E-state index contributed by atoms with van der Waals surface area (Å²) in [4.78, 5) is 12.8. The number of hydrogen-bond donors (Lipinski definition) is 2. The molecule has 0 unspecified atom stereocenters. The molecule has 0 fully saturated rings. The lowest BCUT2D eigenvalue weighted by atomic mass is 10.1. The Labute approximate surface area is 118 Å². The summed E-state index contributed by atoms with van der Waals surface area (Å²) in [5.41, 5.74) is 9.19. The van der Waals surface area contributed by atoms with Gasteiger partial charge in [-0.15, -0.1) is 11.3 Å². The van der Waals surface area contributed by atoms with E-state index in [0.29, 0.717) is 10.6 Å². The Bertz CT molecular complexity index is 588. The van der Waals surface area contributed by atoms with Gasteiger partial charge in [-0.2, -0.15) is 0 Å². The van der Waals surface area contributed by atoms with E-state index in [1.807, 2.05) is 38.1 Å². The largest absolute Gasteiger partial charge is 0.398 e. The number of nitrogens with two attached hydrogens (primary N) is 1. The smallest absolute Gasteiger partial charge is 0.265 e. The molecule has 18 heavy (non-hydrogen) atoms. The van der Waals surface area contributed by atoms with E-state index in [1.165, 1.54) is 11.3 Å². The monoisotopic (exact) mass is 324 g/mol. The number of anilines is 2. The van der Waals surface area contributed by atoms with Crippen LogP contribution in [0.15, 0.2) is 28.1 Å². The van der Waals surface area contributed by atoms with Crippen molar-refractivity contribution in [3.63, 3.8) is 0 Å². The van der Waals surface area contributed by atoms with Crippen molar-refractivity contribution in [2.75, 3.05) is 11.1 Å². The number of benzene rings is 1. The van der Waals surface area contributed by atoms with E-state index in [4.69, 9.17) is 5.73 Å². The maximum atomic E-state index is 12.1. The van der Waals surface area contributed by atoms with Crippen LogP contribution in [0.4, 0.5) is 11.4 Å². The molecule has 0 radical (unpaired) electrons. The van der Waals surface area contributed by atoms with Crippen molar-refractivity contribution in [2.45, 2.75) is 13.8 Å². The van der Waals surface area contributed by atoms with Gasteiger partial charge in [-0.05, 0) is 59.1 Å². The van der Waals surface area contributed by atoms with Gasteiger partial charge in [0.15, 0.2) is 0 Å². The van der Waals surface area contributed by atoms with Gasteiger partial charge in [-0.3, -0.25) is 4.79 Å². The third kappa shape index (κ3) is 2.57. The first kappa shape index (κ1) is 13.1. The van der Waals surface area contributed by atoms with E-state index in [0.717, 1.165) is 20.6 Å². The molecule has 0 aliphatic carbocycles. The average molecular weight is 325 g/mol. The Kier molecular flexibility index (Phi) is 3.73. The molecule has 5 heteroatoms. The lowest BCUT2D eigenvalue weighted by Gasteiger charge is -2.09. The van der Waals surface area contributed by atoms with Gasteiger partial charge in [0.2, 0.25) is 0 Å². The van der Waals surface area contributed by atoms with E-state index >= 15 is 0 Å². The topological polar surface area (TPSA) is 55.1 Å². The van der Waals surface area contributed by atoms with E-state index in [1.54, 1.807) is 0 Å². The zero-order valence-corrected chi connectivity index (χ0v) is 12.5. The SMILES string of the molecule is Cc1cc(C(=O)Nc2cccc(N)c2C)sc1Br. The van der Waals surface area contributed by atoms with Crippen molar-refractivity contribution in [1.29, 1.82) is 0 Å². The predicted octanol–water partition coefficient (Wildman–Crippen LogP) is 3.96. The van der Waals surface area contributed by atoms with Crippen molar-refractivity contribution < 1.29 is 4.79 Å². The first-order valence-corrected chi connectivity index (χ1v) is 7.02. The van der Waals surface area contributed by atoms with Crippen LogP contribution >= 0.6 is 27.3 Å². The molecule has 0 aliphatic heterocycles. The quantitative estimate of drug-likeness (QED) is 0.821. The van der Waals surface area contributed by atoms with Crippen molar-refractivity contribution in [2.24, 2.45) is 0 Å². The molecule has 1 aromatic heterocycles. The summed E-state index contributed by atoms with van der Waals surface area (Å²) >= 11 is 4.84. The minimum Gasteiger partial charge on any atom is -0.398 e. The molecule has 0 bridgehead atoms. The number of aryl methyl sites for hydroxylation is 1. The van der Waals surface area contributed by atoms with Crippen LogP contribution in [0.1, 0.15) is 20.8 Å². The molecule has 1 amide bonds. The second kappa shape index (κ2) is 5.12. The zero-order valence-electron chi connectivity index (χ0n) is 10.1. The van der Waals surface area contributed by atoms with Crippen LogP contribution in [0.2, 0.25) is 0 Å². The van der Waals surface area contributed by atoms with Gasteiger partial charge in [-0.1, -0.05) is 6.07 Å². The first-order valence-electron chi connectivity index (χ1n) is 5.41. The summed E-state index contributed by atoms with van der Waals surface area (Å²) in [6.07, 6.45) is 0. The summed E-state index contributed by atoms with van der Waals surface area (Å²) in [6.45, 7) is 3.85. The Balaban J connectivity index is 2.24. The highest BCUT2D eigenvalue weighted by atomic mass is 79.9. The summed E-state index contributed by atoms with van der Waals surface area (Å²) < 4.78 is 0.983. The molecule has 1 aromatic carbocycles. The molecule has 3 N–H and O–H groups in total. The third-order valence-corrected chi connectivity index (χ3v) is 4.84. The number of carbonyl (C=O) groups is 1. The average Bonchev–Trinajstić information content (AvgIpc) is 2.66. The van der Waals surface area contributed by atoms with E-state index in [2.05, 4.69) is 21.2 Å². The number of rotatable bonds is 2. The van der Waals surface area contributed by atoms with Crippen molar-refractivity contribution >= 4 is 44.5 Å². The highest BCUT2D eigenvalue weighted by molar-refractivity contribution is 9.11. The molecule has 2 aromatic rings. The van der Waals surface area contributed by atoms with Crippen molar-refractivity contribution in [3.8, 4) is 0 Å². The highest BCUT2D eigenvalue weighted by Crippen LogP contribution is 2.28. The minimum absolute atomic E-state index is 0.109. The zero-order chi connectivity index (χ0) is 13.3. The molecule has 3 nitrogen and oxygen atoms in total. The van der Waals surface area contributed by atoms with Crippen LogP contribution < -0.4 is 11.1 Å². The summed E-state index contributed by atoms with van der Waals surface area (Å²) in [5, 5.41) is 2.88. The van der Waals surface area contributed by atoms with Crippen molar-refractivity contribution in [1.82, 2.24) is 0 Å². The van der Waals surface area contributed by atoms with Gasteiger partial charge in [-0.25, -0.2) is 0 Å². The number of hydrogen-bond acceptors (Lipinski definition) is 3. The number of halogens is 1. The Morgan fingerprint density at radius 3 is 2.72 bits per heavy atom. The van der Waals surface area contributed by atoms with Crippen molar-refractivity contribution in [3.05, 3.63) is 44.1 Å². The number of carbonyl (C=O) groups excluding carboxylic acids is 1. The fourth-order valence-corrected chi connectivity index (χ4v) is 2.97. The highest BCUT2D eigenvalue weighted by Gasteiger charge is 2.12. The van der Waals surface area contributed by atoms with Crippen LogP contribution in [0, 0.1) is 13.8 Å². The van der Waals surface area contributed by atoms with E-state index < -0.39 is 0 Å².